The van der Waals surface area contributed by atoms with E-state index in [9.17, 15) is 19.7 Å². The molecule has 0 aromatic heterocycles. The largest absolute Gasteiger partial charge is 0.354 e. The van der Waals surface area contributed by atoms with Crippen molar-refractivity contribution in [1.82, 2.24) is 9.80 Å². The second-order valence-corrected chi connectivity index (χ2v) is 11.3. The van der Waals surface area contributed by atoms with Crippen LogP contribution in [0.15, 0.2) is 60.7 Å². The van der Waals surface area contributed by atoms with Gasteiger partial charge in [0.15, 0.2) is 0 Å². The maximum atomic E-state index is 13.4. The third-order valence-corrected chi connectivity index (χ3v) is 8.52. The van der Waals surface area contributed by atoms with Gasteiger partial charge in [-0.15, -0.1) is 0 Å². The number of aryl methyl sites for hydroxylation is 1. The molecule has 3 aromatic carbocycles. The Hall–Kier alpha value is -4.50. The highest BCUT2D eigenvalue weighted by molar-refractivity contribution is 6.37. The molecule has 1 fully saturated rings. The Kier molecular flexibility index (Phi) is 7.75. The van der Waals surface area contributed by atoms with Crippen LogP contribution < -0.4 is 10.6 Å². The van der Waals surface area contributed by atoms with Crippen LogP contribution >= 0.6 is 0 Å². The molecule has 6 rings (SSSR count). The number of anilines is 2. The van der Waals surface area contributed by atoms with Gasteiger partial charge < -0.3 is 20.4 Å². The van der Waals surface area contributed by atoms with Crippen molar-refractivity contribution >= 4 is 40.1 Å². The van der Waals surface area contributed by atoms with Gasteiger partial charge in [0, 0.05) is 49.1 Å². The number of rotatable bonds is 8. The molecule has 0 bridgehead atoms. The highest BCUT2D eigenvalue weighted by atomic mass is 16.6. The SMILES string of the molecule is CC(=O)N1CCc2cc(N/C(=C3\C(=O)Nc4ccc([N+](=O)[O-])cc43)c3ccc(CCCN4CCCC4)cc3)ccc2C1. The van der Waals surface area contributed by atoms with Gasteiger partial charge in [-0.2, -0.15) is 0 Å². The van der Waals surface area contributed by atoms with Crippen LogP contribution in [0.3, 0.4) is 0 Å². The maximum Gasteiger partial charge on any atom is 0.270 e. The molecule has 3 aliphatic heterocycles. The molecule has 42 heavy (non-hydrogen) atoms. The number of hydrogen-bond donors (Lipinski definition) is 2. The van der Waals surface area contributed by atoms with Crippen LogP contribution in [0.4, 0.5) is 17.1 Å². The van der Waals surface area contributed by atoms with Gasteiger partial charge in [-0.3, -0.25) is 19.7 Å². The summed E-state index contributed by atoms with van der Waals surface area (Å²) in [5.41, 5.74) is 7.08. The quantitative estimate of drug-likeness (QED) is 0.213. The van der Waals surface area contributed by atoms with Gasteiger partial charge in [0.05, 0.1) is 16.2 Å². The van der Waals surface area contributed by atoms with Gasteiger partial charge in [0.25, 0.3) is 11.6 Å². The molecule has 0 aliphatic carbocycles. The van der Waals surface area contributed by atoms with Crippen LogP contribution in [0, 0.1) is 10.1 Å². The van der Waals surface area contributed by atoms with E-state index in [1.165, 1.54) is 43.6 Å². The van der Waals surface area contributed by atoms with Crippen molar-refractivity contribution in [2.45, 2.75) is 45.6 Å². The van der Waals surface area contributed by atoms with Crippen molar-refractivity contribution in [1.29, 1.82) is 0 Å². The highest BCUT2D eigenvalue weighted by Gasteiger charge is 2.30. The molecule has 0 unspecified atom stereocenters. The van der Waals surface area contributed by atoms with E-state index in [0.29, 0.717) is 35.6 Å². The number of non-ortho nitro benzene ring substituents is 1. The third kappa shape index (κ3) is 5.78. The first kappa shape index (κ1) is 27.7. The minimum absolute atomic E-state index is 0.0642. The van der Waals surface area contributed by atoms with E-state index in [2.05, 4.69) is 33.7 Å². The predicted octanol–water partition coefficient (Wildman–Crippen LogP) is 5.46. The number of nitro benzene ring substituents is 1. The first-order valence-electron chi connectivity index (χ1n) is 14.7. The Balaban J connectivity index is 1.33. The number of carbonyl (C=O) groups is 2. The van der Waals surface area contributed by atoms with Crippen molar-refractivity contribution in [3.05, 3.63) is 98.6 Å². The van der Waals surface area contributed by atoms with Gasteiger partial charge in [0.1, 0.15) is 0 Å². The zero-order valence-corrected chi connectivity index (χ0v) is 23.8. The molecular weight excluding hydrogens is 530 g/mol. The molecule has 0 radical (unpaired) electrons. The number of likely N-dealkylation sites (tertiary alicyclic amines) is 1. The second-order valence-electron chi connectivity index (χ2n) is 11.3. The number of carbonyl (C=O) groups excluding carboxylic acids is 2. The summed E-state index contributed by atoms with van der Waals surface area (Å²) >= 11 is 0. The molecule has 2 amide bonds. The van der Waals surface area contributed by atoms with Crippen LogP contribution in [-0.2, 0) is 29.0 Å². The summed E-state index contributed by atoms with van der Waals surface area (Å²) < 4.78 is 0. The molecule has 2 N–H and O–H groups in total. The van der Waals surface area contributed by atoms with Gasteiger partial charge in [-0.05, 0) is 92.2 Å². The zero-order valence-electron chi connectivity index (χ0n) is 23.8. The second kappa shape index (κ2) is 11.8. The normalized spacial score (nSPS) is 17.5. The minimum Gasteiger partial charge on any atom is -0.354 e. The van der Waals surface area contributed by atoms with Gasteiger partial charge >= 0.3 is 0 Å². The Morgan fingerprint density at radius 2 is 1.79 bits per heavy atom. The van der Waals surface area contributed by atoms with Crippen molar-refractivity contribution in [3.8, 4) is 0 Å². The van der Waals surface area contributed by atoms with Gasteiger partial charge in [0.2, 0.25) is 5.91 Å². The van der Waals surface area contributed by atoms with Crippen LogP contribution in [0.2, 0.25) is 0 Å². The summed E-state index contributed by atoms with van der Waals surface area (Å²) in [5, 5.41) is 18.0. The first-order chi connectivity index (χ1) is 20.4. The minimum atomic E-state index is -0.446. The molecule has 9 heteroatoms. The topological polar surface area (TPSA) is 108 Å². The monoisotopic (exact) mass is 565 g/mol. The van der Waals surface area contributed by atoms with E-state index in [1.807, 2.05) is 29.2 Å². The lowest BCUT2D eigenvalue weighted by atomic mass is 9.96. The first-order valence-corrected chi connectivity index (χ1v) is 14.7. The molecule has 0 atom stereocenters. The van der Waals surface area contributed by atoms with E-state index in [1.54, 1.807) is 13.0 Å². The molecule has 3 aromatic rings. The number of nitro groups is 1. The molecule has 0 saturated carbocycles. The summed E-state index contributed by atoms with van der Waals surface area (Å²) in [6.45, 7) is 6.34. The van der Waals surface area contributed by atoms with E-state index in [4.69, 9.17) is 0 Å². The average Bonchev–Trinajstić information content (AvgIpc) is 3.62. The number of hydrogen-bond acceptors (Lipinski definition) is 6. The predicted molar refractivity (Wildman–Crippen MR) is 164 cm³/mol. The van der Waals surface area contributed by atoms with Crippen molar-refractivity contribution in [3.63, 3.8) is 0 Å². The number of benzene rings is 3. The summed E-state index contributed by atoms with van der Waals surface area (Å²) in [6, 6.07) is 18.7. The third-order valence-electron chi connectivity index (χ3n) is 8.52. The fourth-order valence-corrected chi connectivity index (χ4v) is 6.19. The summed E-state index contributed by atoms with van der Waals surface area (Å²) in [6.07, 6.45) is 5.41. The summed E-state index contributed by atoms with van der Waals surface area (Å²) in [7, 11) is 0. The Morgan fingerprint density at radius 3 is 2.52 bits per heavy atom. The van der Waals surface area contributed by atoms with Crippen molar-refractivity contribution in [2.75, 3.05) is 36.8 Å². The lowest BCUT2D eigenvalue weighted by molar-refractivity contribution is -0.384. The Bertz CT molecular complexity index is 1570. The number of nitrogens with one attached hydrogen (secondary N) is 2. The molecule has 9 nitrogen and oxygen atoms in total. The number of nitrogens with zero attached hydrogens (tertiary/aromatic N) is 3. The van der Waals surface area contributed by atoms with E-state index < -0.39 is 4.92 Å². The van der Waals surface area contributed by atoms with E-state index >= 15 is 0 Å². The van der Waals surface area contributed by atoms with Crippen LogP contribution in [0.5, 0.6) is 0 Å². The zero-order chi connectivity index (χ0) is 29.2. The number of fused-ring (bicyclic) bond motifs is 2. The molecule has 3 heterocycles. The number of amides is 2. The fraction of sp³-hybridized carbons (Fsp3) is 0.333. The Labute approximate surface area is 245 Å². The lowest BCUT2D eigenvalue weighted by Crippen LogP contribution is -2.34. The summed E-state index contributed by atoms with van der Waals surface area (Å²) in [4.78, 5) is 40.7. The van der Waals surface area contributed by atoms with Crippen LogP contribution in [0.25, 0.3) is 11.3 Å². The lowest BCUT2D eigenvalue weighted by Gasteiger charge is -2.28. The molecule has 1 saturated heterocycles. The van der Waals surface area contributed by atoms with Crippen LogP contribution in [0.1, 0.15) is 54.0 Å². The van der Waals surface area contributed by atoms with E-state index in [0.717, 1.165) is 48.2 Å². The maximum absolute atomic E-state index is 13.4. The van der Waals surface area contributed by atoms with Crippen molar-refractivity contribution < 1.29 is 14.5 Å². The van der Waals surface area contributed by atoms with Crippen molar-refractivity contribution in [2.24, 2.45) is 0 Å². The fourth-order valence-electron chi connectivity index (χ4n) is 6.19. The smallest absolute Gasteiger partial charge is 0.270 e. The molecule has 0 spiro atoms. The van der Waals surface area contributed by atoms with Gasteiger partial charge in [-0.1, -0.05) is 30.3 Å². The summed E-state index contributed by atoms with van der Waals surface area (Å²) in [5.74, 6) is -0.243. The van der Waals surface area contributed by atoms with Crippen LogP contribution in [-0.4, -0.2) is 52.7 Å². The molecule has 216 valence electrons. The molecular formula is C33H35N5O4. The standard InChI is InChI=1S/C33H35N5O4/c1-22(39)37-18-14-25-19-27(11-10-26(25)21-37)34-32(31-29-20-28(38(41)42)12-13-30(29)35-33(31)40)24-8-6-23(7-9-24)5-4-17-36-15-2-3-16-36/h6-13,19-20,34H,2-5,14-18,21H2,1H3,(H,35,40)/b32-31-. The van der Waals surface area contributed by atoms with Gasteiger partial charge in [-0.25, -0.2) is 0 Å². The Morgan fingerprint density at radius 1 is 1.00 bits per heavy atom. The molecule has 3 aliphatic rings. The van der Waals surface area contributed by atoms with E-state index in [-0.39, 0.29) is 17.5 Å². The highest BCUT2D eigenvalue weighted by Crippen LogP contribution is 2.39. The average molecular weight is 566 g/mol.